The van der Waals surface area contributed by atoms with E-state index in [0.717, 1.165) is 23.1 Å². The average Bonchev–Trinajstić information content (AvgIpc) is 2.53. The number of fused-ring (bicyclic) bond motifs is 1. The fourth-order valence-corrected chi connectivity index (χ4v) is 3.23. The standard InChI is InChI=1S/C20H23NO2/c1-14-8-15(2)10-18(9-14)20(22)21(3)12-19-11-16-6-4-5-7-17(16)13-23-19/h4-10,19H,11-13H2,1-3H3. The number of hydrogen-bond donors (Lipinski definition) is 0. The second kappa shape index (κ2) is 6.55. The molecule has 1 amide bonds. The number of nitrogens with zero attached hydrogens (tertiary/aromatic N) is 1. The molecule has 0 aliphatic carbocycles. The summed E-state index contributed by atoms with van der Waals surface area (Å²) in [5.41, 5.74) is 5.57. The maximum atomic E-state index is 12.6. The molecule has 0 radical (unpaired) electrons. The molecule has 0 bridgehead atoms. The number of benzene rings is 2. The van der Waals surface area contributed by atoms with Crippen molar-refractivity contribution >= 4 is 5.91 Å². The number of aryl methyl sites for hydroxylation is 2. The lowest BCUT2D eigenvalue weighted by Crippen LogP contribution is -2.38. The zero-order valence-corrected chi connectivity index (χ0v) is 14.0. The van der Waals surface area contributed by atoms with Gasteiger partial charge in [0.15, 0.2) is 0 Å². The van der Waals surface area contributed by atoms with Crippen molar-refractivity contribution in [2.45, 2.75) is 33.0 Å². The molecule has 23 heavy (non-hydrogen) atoms. The summed E-state index contributed by atoms with van der Waals surface area (Å²) in [5.74, 6) is 0.0549. The van der Waals surface area contributed by atoms with Gasteiger partial charge in [0.1, 0.15) is 0 Å². The van der Waals surface area contributed by atoms with Gasteiger partial charge in [-0.3, -0.25) is 4.79 Å². The van der Waals surface area contributed by atoms with E-state index in [2.05, 4.69) is 24.3 Å². The fraction of sp³-hybridized carbons (Fsp3) is 0.350. The molecule has 0 aromatic heterocycles. The molecule has 1 heterocycles. The average molecular weight is 309 g/mol. The van der Waals surface area contributed by atoms with Gasteiger partial charge in [0.05, 0.1) is 12.7 Å². The van der Waals surface area contributed by atoms with E-state index in [1.807, 2.05) is 39.1 Å². The van der Waals surface area contributed by atoms with Crippen molar-refractivity contribution in [3.8, 4) is 0 Å². The highest BCUT2D eigenvalue weighted by atomic mass is 16.5. The lowest BCUT2D eigenvalue weighted by Gasteiger charge is -2.29. The van der Waals surface area contributed by atoms with Gasteiger partial charge < -0.3 is 9.64 Å². The van der Waals surface area contributed by atoms with Crippen LogP contribution in [0.2, 0.25) is 0 Å². The van der Waals surface area contributed by atoms with Crippen LogP contribution < -0.4 is 0 Å². The highest BCUT2D eigenvalue weighted by molar-refractivity contribution is 5.94. The van der Waals surface area contributed by atoms with Gasteiger partial charge in [-0.1, -0.05) is 41.5 Å². The van der Waals surface area contributed by atoms with Crippen LogP contribution in [0.15, 0.2) is 42.5 Å². The Labute approximate surface area is 137 Å². The first-order chi connectivity index (χ1) is 11.0. The molecule has 0 saturated carbocycles. The molecule has 3 nitrogen and oxygen atoms in total. The van der Waals surface area contributed by atoms with E-state index in [9.17, 15) is 4.79 Å². The topological polar surface area (TPSA) is 29.5 Å². The molecule has 2 aromatic carbocycles. The molecule has 1 aliphatic rings. The largest absolute Gasteiger partial charge is 0.371 e. The summed E-state index contributed by atoms with van der Waals surface area (Å²) in [4.78, 5) is 14.4. The van der Waals surface area contributed by atoms with Crippen LogP contribution in [-0.4, -0.2) is 30.5 Å². The van der Waals surface area contributed by atoms with E-state index in [1.165, 1.54) is 11.1 Å². The van der Waals surface area contributed by atoms with Crippen molar-refractivity contribution in [1.29, 1.82) is 0 Å². The summed E-state index contributed by atoms with van der Waals surface area (Å²) >= 11 is 0. The Bertz CT molecular complexity index is 703. The molecule has 1 atom stereocenters. The third-order valence-electron chi connectivity index (χ3n) is 4.33. The Kier molecular flexibility index (Phi) is 4.49. The molecule has 0 fully saturated rings. The van der Waals surface area contributed by atoms with Crippen LogP contribution in [0, 0.1) is 13.8 Å². The summed E-state index contributed by atoms with van der Waals surface area (Å²) < 4.78 is 5.91. The number of hydrogen-bond acceptors (Lipinski definition) is 2. The predicted octanol–water partition coefficient (Wildman–Crippen LogP) is 3.52. The first-order valence-corrected chi connectivity index (χ1v) is 8.05. The summed E-state index contributed by atoms with van der Waals surface area (Å²) in [7, 11) is 1.85. The molecule has 1 aliphatic heterocycles. The molecule has 3 heteroatoms. The van der Waals surface area contributed by atoms with Crippen molar-refractivity contribution in [2.75, 3.05) is 13.6 Å². The Balaban J connectivity index is 1.67. The molecule has 2 aromatic rings. The summed E-state index contributed by atoms with van der Waals surface area (Å²) in [6.07, 6.45) is 0.922. The molecule has 1 unspecified atom stereocenters. The first-order valence-electron chi connectivity index (χ1n) is 8.05. The fourth-order valence-electron chi connectivity index (χ4n) is 3.23. The first kappa shape index (κ1) is 15.8. The number of rotatable bonds is 3. The Morgan fingerprint density at radius 2 is 1.78 bits per heavy atom. The third kappa shape index (κ3) is 3.62. The van der Waals surface area contributed by atoms with Gasteiger partial charge in [-0.2, -0.15) is 0 Å². The maximum Gasteiger partial charge on any atom is 0.253 e. The number of carbonyl (C=O) groups is 1. The highest BCUT2D eigenvalue weighted by Crippen LogP contribution is 2.21. The van der Waals surface area contributed by atoms with Crippen molar-refractivity contribution in [3.63, 3.8) is 0 Å². The van der Waals surface area contributed by atoms with Crippen LogP contribution in [0.25, 0.3) is 0 Å². The normalized spacial score (nSPS) is 16.7. The number of ether oxygens (including phenoxy) is 1. The summed E-state index contributed by atoms with van der Waals surface area (Å²) in [6.45, 7) is 5.28. The van der Waals surface area contributed by atoms with E-state index in [1.54, 1.807) is 4.90 Å². The van der Waals surface area contributed by atoms with Gasteiger partial charge in [-0.25, -0.2) is 0 Å². The van der Waals surface area contributed by atoms with E-state index in [0.29, 0.717) is 13.2 Å². The molecule has 0 saturated heterocycles. The number of amides is 1. The van der Waals surface area contributed by atoms with Gasteiger partial charge in [0, 0.05) is 25.6 Å². The number of carbonyl (C=O) groups excluding carboxylic acids is 1. The minimum absolute atomic E-state index is 0.0549. The lowest BCUT2D eigenvalue weighted by molar-refractivity contribution is 0.00985. The summed E-state index contributed by atoms with van der Waals surface area (Å²) in [5, 5.41) is 0. The maximum absolute atomic E-state index is 12.6. The van der Waals surface area contributed by atoms with Gasteiger partial charge in [-0.15, -0.1) is 0 Å². The van der Waals surface area contributed by atoms with Gasteiger partial charge >= 0.3 is 0 Å². The van der Waals surface area contributed by atoms with Crippen molar-refractivity contribution < 1.29 is 9.53 Å². The van der Waals surface area contributed by atoms with Gasteiger partial charge in [-0.05, 0) is 37.1 Å². The smallest absolute Gasteiger partial charge is 0.253 e. The van der Waals surface area contributed by atoms with E-state index in [-0.39, 0.29) is 12.0 Å². The van der Waals surface area contributed by atoms with Crippen LogP contribution in [-0.2, 0) is 17.8 Å². The predicted molar refractivity (Wildman–Crippen MR) is 91.6 cm³/mol. The zero-order valence-electron chi connectivity index (χ0n) is 14.0. The zero-order chi connectivity index (χ0) is 16.4. The molecule has 3 rings (SSSR count). The SMILES string of the molecule is Cc1cc(C)cc(C(=O)N(C)CC2Cc3ccccc3CO2)c1. The van der Waals surface area contributed by atoms with Crippen molar-refractivity contribution in [1.82, 2.24) is 4.90 Å². The second-order valence-electron chi connectivity index (χ2n) is 6.47. The highest BCUT2D eigenvalue weighted by Gasteiger charge is 2.22. The molecule has 0 spiro atoms. The quantitative estimate of drug-likeness (QED) is 0.868. The van der Waals surface area contributed by atoms with E-state index in [4.69, 9.17) is 4.74 Å². The van der Waals surface area contributed by atoms with Gasteiger partial charge in [0.2, 0.25) is 0 Å². The Morgan fingerprint density at radius 1 is 1.13 bits per heavy atom. The molecular formula is C20H23NO2. The Morgan fingerprint density at radius 3 is 2.48 bits per heavy atom. The lowest BCUT2D eigenvalue weighted by atomic mass is 9.99. The molecule has 0 N–H and O–H groups in total. The van der Waals surface area contributed by atoms with Crippen molar-refractivity contribution in [3.05, 3.63) is 70.3 Å². The molecule has 120 valence electrons. The third-order valence-corrected chi connectivity index (χ3v) is 4.33. The second-order valence-corrected chi connectivity index (χ2v) is 6.47. The van der Waals surface area contributed by atoms with Gasteiger partial charge in [0.25, 0.3) is 5.91 Å². The van der Waals surface area contributed by atoms with Crippen LogP contribution in [0.4, 0.5) is 0 Å². The molecular weight excluding hydrogens is 286 g/mol. The van der Waals surface area contributed by atoms with Crippen LogP contribution in [0.3, 0.4) is 0 Å². The monoisotopic (exact) mass is 309 g/mol. The van der Waals surface area contributed by atoms with Crippen LogP contribution >= 0.6 is 0 Å². The van der Waals surface area contributed by atoms with Crippen LogP contribution in [0.5, 0.6) is 0 Å². The van der Waals surface area contributed by atoms with E-state index >= 15 is 0 Å². The van der Waals surface area contributed by atoms with Crippen molar-refractivity contribution in [2.24, 2.45) is 0 Å². The van der Waals surface area contributed by atoms with E-state index < -0.39 is 0 Å². The Hall–Kier alpha value is -2.13. The number of likely N-dealkylation sites (N-methyl/N-ethyl adjacent to an activating group) is 1. The minimum atomic E-state index is 0.0549. The summed E-state index contributed by atoms with van der Waals surface area (Å²) in [6, 6.07) is 14.3. The minimum Gasteiger partial charge on any atom is -0.371 e. The van der Waals surface area contributed by atoms with Crippen LogP contribution in [0.1, 0.15) is 32.6 Å².